The van der Waals surface area contributed by atoms with E-state index in [0.29, 0.717) is 37.1 Å². The smallest absolute Gasteiger partial charge is 0.242 e. The molecule has 41 heavy (non-hydrogen) atoms. The van der Waals surface area contributed by atoms with Crippen molar-refractivity contribution in [1.29, 1.82) is 0 Å². The summed E-state index contributed by atoms with van der Waals surface area (Å²) in [5, 5.41) is 5.96. The van der Waals surface area contributed by atoms with E-state index in [1.165, 1.54) is 59.1 Å². The van der Waals surface area contributed by atoms with Crippen LogP contribution in [-0.2, 0) is 21.2 Å². The molecule has 4 N–H and O–H groups in total. The van der Waals surface area contributed by atoms with Crippen LogP contribution in [0.5, 0.6) is 0 Å². The minimum Gasteiger partial charge on any atom is -0.324 e. The van der Waals surface area contributed by atoms with Crippen LogP contribution in [0.2, 0.25) is 0 Å². The first-order valence-electron chi connectivity index (χ1n) is 13.5. The molecule has 3 atom stereocenters. The van der Waals surface area contributed by atoms with Crippen LogP contribution in [0.25, 0.3) is 0 Å². The Balaban J connectivity index is 1.53. The molecule has 220 valence electrons. The Morgan fingerprint density at radius 3 is 2.22 bits per heavy atom. The fraction of sp³-hybridized carbons (Fsp3) is 0.367. The predicted molar refractivity (Wildman–Crippen MR) is 153 cm³/mol. The maximum atomic E-state index is 15.0. The topological polar surface area (TPSA) is 105 Å². The largest absolute Gasteiger partial charge is 0.324 e. The van der Waals surface area contributed by atoms with E-state index in [4.69, 9.17) is 5.73 Å². The molecule has 1 aliphatic heterocycles. The monoisotopic (exact) mass is 588 g/mol. The Morgan fingerprint density at radius 2 is 1.63 bits per heavy atom. The number of halogens is 3. The minimum atomic E-state index is -3.42. The summed E-state index contributed by atoms with van der Waals surface area (Å²) in [4.78, 5) is 13.4. The van der Waals surface area contributed by atoms with Gasteiger partial charge in [0.2, 0.25) is 15.9 Å². The van der Waals surface area contributed by atoms with Crippen molar-refractivity contribution in [2.24, 2.45) is 5.73 Å². The summed E-state index contributed by atoms with van der Waals surface area (Å²) in [6.45, 7) is 2.89. The van der Waals surface area contributed by atoms with Crippen LogP contribution in [0.1, 0.15) is 42.4 Å². The molecule has 1 fully saturated rings. The molecule has 0 spiro atoms. The zero-order valence-electron chi connectivity index (χ0n) is 23.0. The van der Waals surface area contributed by atoms with Crippen LogP contribution in [0.15, 0.2) is 66.7 Å². The number of nitrogens with zero attached hydrogens (tertiary/aromatic N) is 1. The zero-order valence-corrected chi connectivity index (χ0v) is 23.8. The molecule has 0 aromatic heterocycles. The van der Waals surface area contributed by atoms with E-state index >= 15 is 0 Å². The minimum absolute atomic E-state index is 0.197. The van der Waals surface area contributed by atoms with Crippen molar-refractivity contribution in [2.45, 2.75) is 50.2 Å². The third-order valence-corrected chi connectivity index (χ3v) is 8.84. The zero-order chi connectivity index (χ0) is 29.7. The van der Waals surface area contributed by atoms with E-state index in [1.54, 1.807) is 18.2 Å². The molecule has 0 radical (unpaired) electrons. The number of sulfonamides is 1. The van der Waals surface area contributed by atoms with Gasteiger partial charge in [-0.25, -0.2) is 21.6 Å². The molecule has 1 amide bonds. The first kappa shape index (κ1) is 30.7. The van der Waals surface area contributed by atoms with Crippen LogP contribution in [-0.4, -0.2) is 56.1 Å². The predicted octanol–water partition coefficient (Wildman–Crippen LogP) is 4.15. The van der Waals surface area contributed by atoms with Crippen molar-refractivity contribution < 1.29 is 26.4 Å². The number of rotatable bonds is 10. The summed E-state index contributed by atoms with van der Waals surface area (Å²) < 4.78 is 69.4. The van der Waals surface area contributed by atoms with Gasteiger partial charge in [-0.15, -0.1) is 0 Å². The van der Waals surface area contributed by atoms with Crippen LogP contribution in [0.4, 0.5) is 18.9 Å². The van der Waals surface area contributed by atoms with Crippen LogP contribution in [0.3, 0.4) is 0 Å². The lowest BCUT2D eigenvalue weighted by Gasteiger charge is -2.39. The third kappa shape index (κ3) is 7.53. The van der Waals surface area contributed by atoms with Crippen molar-refractivity contribution in [3.05, 3.63) is 101 Å². The number of carbonyl (C=O) groups is 1. The van der Waals surface area contributed by atoms with Gasteiger partial charge in [0.25, 0.3) is 0 Å². The summed E-state index contributed by atoms with van der Waals surface area (Å²) in [5.74, 6) is -3.09. The molecule has 4 rings (SSSR count). The third-order valence-electron chi connectivity index (χ3n) is 7.42. The van der Waals surface area contributed by atoms with Gasteiger partial charge in [0.15, 0.2) is 0 Å². The normalized spacial score (nSPS) is 18.8. The van der Waals surface area contributed by atoms with Gasteiger partial charge in [-0.1, -0.05) is 30.3 Å². The van der Waals surface area contributed by atoms with Gasteiger partial charge >= 0.3 is 0 Å². The van der Waals surface area contributed by atoms with E-state index in [1.807, 2.05) is 6.92 Å². The Bertz CT molecular complexity index is 1440. The van der Waals surface area contributed by atoms with Crippen molar-refractivity contribution in [3.63, 3.8) is 0 Å². The van der Waals surface area contributed by atoms with Gasteiger partial charge in [0.05, 0.1) is 12.3 Å². The number of amides is 1. The average Bonchev–Trinajstić information content (AvgIpc) is 2.89. The molecule has 1 heterocycles. The molecule has 7 nitrogen and oxygen atoms in total. The number of hydrogen-bond acceptors (Lipinski definition) is 5. The number of hydrogen-bond donors (Lipinski definition) is 3. The second kappa shape index (κ2) is 13.2. The van der Waals surface area contributed by atoms with Gasteiger partial charge in [0.1, 0.15) is 17.5 Å². The number of benzene rings is 3. The lowest BCUT2D eigenvalue weighted by Crippen LogP contribution is -2.57. The summed E-state index contributed by atoms with van der Waals surface area (Å²) in [7, 11) is -3.42. The Labute approximate surface area is 239 Å². The Kier molecular flexibility index (Phi) is 9.85. The van der Waals surface area contributed by atoms with Gasteiger partial charge in [-0.05, 0) is 73.7 Å². The highest BCUT2D eigenvalue weighted by atomic mass is 32.2. The SMILES string of the molecule is C[C@H]1CNC[C@H](CCCc2c(F)cccc2NC(=O)[C@@H](N)C(c2cccc(F)c2)c2cccc(F)c2)N1S(C)(=O)=O. The molecule has 11 heteroatoms. The fourth-order valence-electron chi connectivity index (χ4n) is 5.64. The van der Waals surface area contributed by atoms with Crippen LogP contribution < -0.4 is 16.4 Å². The molecule has 0 saturated carbocycles. The molecule has 0 unspecified atom stereocenters. The highest BCUT2D eigenvalue weighted by molar-refractivity contribution is 7.88. The summed E-state index contributed by atoms with van der Waals surface area (Å²) in [6, 6.07) is 13.8. The number of nitrogens with two attached hydrogens (primary N) is 1. The van der Waals surface area contributed by atoms with E-state index in [2.05, 4.69) is 10.6 Å². The van der Waals surface area contributed by atoms with E-state index < -0.39 is 45.3 Å². The standard InChI is InChI=1S/C30H35F3N4O3S/c1-19-17-35-18-24(37(19)41(2,39)40)11-5-12-25-26(33)13-6-14-27(25)36-30(38)29(34)28(20-7-3-9-22(31)15-20)21-8-4-10-23(32)16-21/h3-4,6-10,13-16,19,24,28-29,35H,5,11-12,17-18,34H2,1-2H3,(H,36,38)/t19-,24-,29-/m0/s1. The van der Waals surface area contributed by atoms with Gasteiger partial charge in [-0.2, -0.15) is 4.31 Å². The maximum Gasteiger partial charge on any atom is 0.242 e. The highest BCUT2D eigenvalue weighted by Gasteiger charge is 2.34. The first-order chi connectivity index (χ1) is 19.5. The van der Waals surface area contributed by atoms with Crippen molar-refractivity contribution in [2.75, 3.05) is 24.7 Å². The van der Waals surface area contributed by atoms with E-state index in [0.717, 1.165) is 0 Å². The molecular formula is C30H35F3N4O3S. The van der Waals surface area contributed by atoms with E-state index in [-0.39, 0.29) is 29.8 Å². The van der Waals surface area contributed by atoms with Crippen LogP contribution >= 0.6 is 0 Å². The van der Waals surface area contributed by atoms with Crippen molar-refractivity contribution >= 4 is 21.6 Å². The summed E-state index contributed by atoms with van der Waals surface area (Å²) in [6.07, 6.45) is 2.40. The van der Waals surface area contributed by atoms with Crippen molar-refractivity contribution in [1.82, 2.24) is 9.62 Å². The lowest BCUT2D eigenvalue weighted by atomic mass is 9.84. The van der Waals surface area contributed by atoms with Gasteiger partial charge in [0, 0.05) is 42.3 Å². The maximum absolute atomic E-state index is 15.0. The van der Waals surface area contributed by atoms with Crippen molar-refractivity contribution in [3.8, 4) is 0 Å². The average molecular weight is 589 g/mol. The number of nitrogens with one attached hydrogen (secondary N) is 2. The number of piperazine rings is 1. The molecule has 1 aliphatic rings. The highest BCUT2D eigenvalue weighted by Crippen LogP contribution is 2.30. The summed E-state index contributed by atoms with van der Waals surface area (Å²) >= 11 is 0. The second-order valence-electron chi connectivity index (χ2n) is 10.5. The Morgan fingerprint density at radius 1 is 1.02 bits per heavy atom. The first-order valence-corrected chi connectivity index (χ1v) is 15.3. The lowest BCUT2D eigenvalue weighted by molar-refractivity contribution is -0.117. The second-order valence-corrected chi connectivity index (χ2v) is 12.4. The van der Waals surface area contributed by atoms with Gasteiger partial charge in [-0.3, -0.25) is 4.79 Å². The Hall–Kier alpha value is -3.25. The molecule has 0 bridgehead atoms. The van der Waals surface area contributed by atoms with Crippen LogP contribution in [0, 0.1) is 17.5 Å². The fourth-order valence-corrected chi connectivity index (χ4v) is 7.09. The summed E-state index contributed by atoms with van der Waals surface area (Å²) in [5.41, 5.74) is 7.69. The molecular weight excluding hydrogens is 553 g/mol. The molecule has 3 aromatic rings. The van der Waals surface area contributed by atoms with E-state index in [9.17, 15) is 26.4 Å². The molecule has 3 aromatic carbocycles. The van der Waals surface area contributed by atoms with Gasteiger partial charge < -0.3 is 16.4 Å². The quantitative estimate of drug-likeness (QED) is 0.330. The molecule has 0 aliphatic carbocycles. The number of carbonyl (C=O) groups excluding carboxylic acids is 1. The number of anilines is 1. The molecule has 1 saturated heterocycles.